The Kier molecular flexibility index (Phi) is 15.5. The molecule has 0 aromatic heterocycles. The van der Waals surface area contributed by atoms with E-state index in [-0.39, 0.29) is 18.5 Å². The average molecular weight is 389 g/mol. The van der Waals surface area contributed by atoms with Crippen molar-refractivity contribution in [2.75, 3.05) is 53.3 Å². The van der Waals surface area contributed by atoms with Crippen LogP contribution in [-0.4, -0.2) is 76.4 Å². The first-order chi connectivity index (χ1) is 12.9. The van der Waals surface area contributed by atoms with Crippen LogP contribution < -0.4 is 11.5 Å². The number of nitrogens with two attached hydrogens (primary N) is 2. The van der Waals surface area contributed by atoms with Gasteiger partial charge in [-0.3, -0.25) is 9.79 Å². The van der Waals surface area contributed by atoms with Crippen LogP contribution in [0.5, 0.6) is 0 Å². The SMILES string of the molecule is CCOC(=O)[C@H](CCCN=C(N)N)/C(C)=C\C(O)COCCOCCOC. The second kappa shape index (κ2) is 16.5. The number of carbonyl (C=O) groups is 1. The van der Waals surface area contributed by atoms with Gasteiger partial charge in [0.2, 0.25) is 0 Å². The normalized spacial score (nSPS) is 13.9. The van der Waals surface area contributed by atoms with Crippen molar-refractivity contribution < 1.29 is 28.8 Å². The summed E-state index contributed by atoms with van der Waals surface area (Å²) in [6, 6.07) is 0. The van der Waals surface area contributed by atoms with Crippen LogP contribution in [0.2, 0.25) is 0 Å². The lowest BCUT2D eigenvalue weighted by atomic mass is 9.94. The maximum Gasteiger partial charge on any atom is 0.313 e. The summed E-state index contributed by atoms with van der Waals surface area (Å²) in [5.74, 6) is -0.754. The predicted molar refractivity (Wildman–Crippen MR) is 103 cm³/mol. The van der Waals surface area contributed by atoms with Crippen LogP contribution in [0.3, 0.4) is 0 Å². The van der Waals surface area contributed by atoms with E-state index in [1.54, 1.807) is 27.0 Å². The van der Waals surface area contributed by atoms with Crippen molar-refractivity contribution in [3.8, 4) is 0 Å². The van der Waals surface area contributed by atoms with Gasteiger partial charge >= 0.3 is 5.97 Å². The van der Waals surface area contributed by atoms with E-state index in [2.05, 4.69) is 4.99 Å². The molecule has 9 heteroatoms. The third kappa shape index (κ3) is 14.1. The summed E-state index contributed by atoms with van der Waals surface area (Å²) in [7, 11) is 1.61. The van der Waals surface area contributed by atoms with Gasteiger partial charge in [0.1, 0.15) is 0 Å². The molecule has 0 fully saturated rings. The minimum Gasteiger partial charge on any atom is -0.466 e. The quantitative estimate of drug-likeness (QED) is 0.112. The molecule has 0 heterocycles. The number of esters is 1. The summed E-state index contributed by atoms with van der Waals surface area (Å²) in [5.41, 5.74) is 11.3. The number of hydrogen-bond acceptors (Lipinski definition) is 7. The first-order valence-electron chi connectivity index (χ1n) is 9.15. The molecule has 0 aromatic rings. The Bertz CT molecular complexity index is 452. The Morgan fingerprint density at radius 3 is 2.48 bits per heavy atom. The highest BCUT2D eigenvalue weighted by Gasteiger charge is 2.22. The maximum absolute atomic E-state index is 12.2. The average Bonchev–Trinajstić information content (AvgIpc) is 2.60. The molecule has 0 saturated heterocycles. The highest BCUT2D eigenvalue weighted by atomic mass is 16.5. The van der Waals surface area contributed by atoms with E-state index in [9.17, 15) is 9.90 Å². The molecular formula is C18H35N3O6. The Balaban J connectivity index is 4.44. The molecular weight excluding hydrogens is 354 g/mol. The molecule has 0 amide bonds. The standard InChI is InChI=1S/C18H35N3O6/c1-4-27-17(23)16(6-5-7-21-18(19)20)14(2)12-15(22)13-26-11-10-25-9-8-24-3/h12,15-16,22H,4-11,13H2,1-3H3,(H4,19,20,21)/b14-12-/t15?,16-/m1/s1. The van der Waals surface area contributed by atoms with Gasteiger partial charge in [-0.05, 0) is 26.7 Å². The highest BCUT2D eigenvalue weighted by molar-refractivity contribution is 5.76. The van der Waals surface area contributed by atoms with Crippen molar-refractivity contribution in [2.45, 2.75) is 32.8 Å². The van der Waals surface area contributed by atoms with Crippen molar-refractivity contribution in [1.29, 1.82) is 0 Å². The van der Waals surface area contributed by atoms with E-state index in [1.807, 2.05) is 0 Å². The fraction of sp³-hybridized carbons (Fsp3) is 0.778. The minimum atomic E-state index is -0.821. The van der Waals surface area contributed by atoms with Gasteiger partial charge in [0.05, 0.1) is 51.7 Å². The van der Waals surface area contributed by atoms with Gasteiger partial charge in [-0.1, -0.05) is 11.6 Å². The number of methoxy groups -OCH3 is 1. The predicted octanol–water partition coefficient (Wildman–Crippen LogP) is 0.206. The van der Waals surface area contributed by atoms with Crippen LogP contribution in [-0.2, 0) is 23.7 Å². The molecule has 0 aliphatic heterocycles. The van der Waals surface area contributed by atoms with Crippen molar-refractivity contribution in [2.24, 2.45) is 22.4 Å². The Hall–Kier alpha value is -1.68. The van der Waals surface area contributed by atoms with E-state index in [1.165, 1.54) is 0 Å². The van der Waals surface area contributed by atoms with E-state index in [4.69, 9.17) is 30.4 Å². The van der Waals surface area contributed by atoms with Gasteiger partial charge in [0.25, 0.3) is 0 Å². The number of guanidine groups is 1. The molecule has 9 nitrogen and oxygen atoms in total. The fourth-order valence-corrected chi connectivity index (χ4v) is 2.31. The third-order valence-electron chi connectivity index (χ3n) is 3.61. The van der Waals surface area contributed by atoms with Crippen LogP contribution in [0.25, 0.3) is 0 Å². The smallest absolute Gasteiger partial charge is 0.313 e. The first kappa shape index (κ1) is 25.3. The first-order valence-corrected chi connectivity index (χ1v) is 9.15. The molecule has 2 atom stereocenters. The minimum absolute atomic E-state index is 0.0220. The summed E-state index contributed by atoms with van der Waals surface area (Å²) in [5, 5.41) is 10.1. The molecule has 0 aliphatic carbocycles. The summed E-state index contributed by atoms with van der Waals surface area (Å²) < 4.78 is 20.6. The van der Waals surface area contributed by atoms with Gasteiger partial charge in [0, 0.05) is 13.7 Å². The lowest BCUT2D eigenvalue weighted by Gasteiger charge is -2.17. The van der Waals surface area contributed by atoms with Gasteiger partial charge < -0.3 is 35.5 Å². The zero-order chi connectivity index (χ0) is 20.5. The number of aliphatic hydroxyl groups excluding tert-OH is 1. The van der Waals surface area contributed by atoms with Crippen molar-refractivity contribution in [1.82, 2.24) is 0 Å². The van der Waals surface area contributed by atoms with E-state index >= 15 is 0 Å². The third-order valence-corrected chi connectivity index (χ3v) is 3.61. The topological polar surface area (TPSA) is 139 Å². The Morgan fingerprint density at radius 2 is 1.85 bits per heavy atom. The monoisotopic (exact) mass is 389 g/mol. The van der Waals surface area contributed by atoms with Gasteiger partial charge in [-0.15, -0.1) is 0 Å². The molecule has 0 radical (unpaired) electrons. The Morgan fingerprint density at radius 1 is 1.19 bits per heavy atom. The summed E-state index contributed by atoms with van der Waals surface area (Å²) >= 11 is 0. The number of aliphatic imine (C=N–C) groups is 1. The number of nitrogens with zero attached hydrogens (tertiary/aromatic N) is 1. The lowest BCUT2D eigenvalue weighted by Crippen LogP contribution is -2.24. The number of aliphatic hydroxyl groups is 1. The molecule has 0 rings (SSSR count). The molecule has 0 spiro atoms. The number of rotatable bonds is 16. The number of carbonyl (C=O) groups excluding carboxylic acids is 1. The van der Waals surface area contributed by atoms with Gasteiger partial charge in [-0.2, -0.15) is 0 Å². The molecule has 158 valence electrons. The second-order valence-corrected chi connectivity index (χ2v) is 5.91. The number of ether oxygens (including phenoxy) is 4. The van der Waals surface area contributed by atoms with Crippen molar-refractivity contribution in [3.63, 3.8) is 0 Å². The molecule has 27 heavy (non-hydrogen) atoms. The largest absolute Gasteiger partial charge is 0.466 e. The maximum atomic E-state index is 12.2. The highest BCUT2D eigenvalue weighted by Crippen LogP contribution is 2.20. The van der Waals surface area contributed by atoms with Crippen molar-refractivity contribution in [3.05, 3.63) is 11.6 Å². The van der Waals surface area contributed by atoms with Gasteiger partial charge in [0.15, 0.2) is 5.96 Å². The van der Waals surface area contributed by atoms with E-state index in [0.717, 1.165) is 5.57 Å². The molecule has 0 aliphatic rings. The van der Waals surface area contributed by atoms with Crippen LogP contribution >= 0.6 is 0 Å². The molecule has 5 N–H and O–H groups in total. The molecule has 0 bridgehead atoms. The summed E-state index contributed by atoms with van der Waals surface area (Å²) in [6.07, 6.45) is 1.95. The van der Waals surface area contributed by atoms with Crippen LogP contribution in [0, 0.1) is 5.92 Å². The van der Waals surface area contributed by atoms with E-state index in [0.29, 0.717) is 52.4 Å². The zero-order valence-corrected chi connectivity index (χ0v) is 16.7. The molecule has 0 aromatic carbocycles. The summed E-state index contributed by atoms with van der Waals surface area (Å²) in [4.78, 5) is 16.1. The fourth-order valence-electron chi connectivity index (χ4n) is 2.31. The molecule has 0 saturated carbocycles. The van der Waals surface area contributed by atoms with Gasteiger partial charge in [-0.25, -0.2) is 0 Å². The Labute approximate surface area is 161 Å². The molecule has 1 unspecified atom stereocenters. The van der Waals surface area contributed by atoms with E-state index < -0.39 is 12.0 Å². The van der Waals surface area contributed by atoms with Crippen molar-refractivity contribution >= 4 is 11.9 Å². The van der Waals surface area contributed by atoms with Crippen LogP contribution in [0.4, 0.5) is 0 Å². The van der Waals surface area contributed by atoms with Crippen LogP contribution in [0.15, 0.2) is 16.6 Å². The second-order valence-electron chi connectivity index (χ2n) is 5.91. The zero-order valence-electron chi connectivity index (χ0n) is 16.7. The summed E-state index contributed by atoms with van der Waals surface area (Å²) in [6.45, 7) is 6.22. The van der Waals surface area contributed by atoms with Crippen LogP contribution in [0.1, 0.15) is 26.7 Å². The lowest BCUT2D eigenvalue weighted by molar-refractivity contribution is -0.146. The number of hydrogen-bond donors (Lipinski definition) is 3.